The lowest BCUT2D eigenvalue weighted by Crippen LogP contribution is -2.19. The summed E-state index contributed by atoms with van der Waals surface area (Å²) in [5, 5.41) is 12.3. The van der Waals surface area contributed by atoms with Crippen LogP contribution in [0.1, 0.15) is 24.8 Å². The molecule has 0 aliphatic rings. The summed E-state index contributed by atoms with van der Waals surface area (Å²) < 4.78 is 13.1. The van der Waals surface area contributed by atoms with Crippen LogP contribution in [0.5, 0.6) is 0 Å². The molecular weight excluding hydrogens is 251 g/mol. The zero-order valence-corrected chi connectivity index (χ0v) is 11.4. The second kappa shape index (κ2) is 6.72. The van der Waals surface area contributed by atoms with Crippen molar-refractivity contribution in [2.75, 3.05) is 5.32 Å². The molecule has 0 aromatic heterocycles. The summed E-state index contributed by atoms with van der Waals surface area (Å²) in [6, 6.07) is 18.2. The molecule has 2 nitrogen and oxygen atoms in total. The molecule has 0 heterocycles. The third kappa shape index (κ3) is 3.83. The highest BCUT2D eigenvalue weighted by atomic mass is 19.1. The fourth-order valence-corrected chi connectivity index (χ4v) is 2.19. The van der Waals surface area contributed by atoms with Gasteiger partial charge in [-0.05, 0) is 36.1 Å². The van der Waals surface area contributed by atoms with E-state index in [0.29, 0.717) is 12.1 Å². The van der Waals surface area contributed by atoms with Crippen molar-refractivity contribution in [3.05, 3.63) is 66.0 Å². The van der Waals surface area contributed by atoms with Crippen molar-refractivity contribution in [1.29, 1.82) is 5.26 Å². The number of anilines is 1. The summed E-state index contributed by atoms with van der Waals surface area (Å²) in [5.74, 6) is -0.0373. The summed E-state index contributed by atoms with van der Waals surface area (Å²) >= 11 is 0. The fraction of sp³-hybridized carbons (Fsp3) is 0.235. The van der Waals surface area contributed by atoms with Crippen LogP contribution < -0.4 is 5.32 Å². The highest BCUT2D eigenvalue weighted by Gasteiger charge is 2.14. The van der Waals surface area contributed by atoms with Gasteiger partial charge in [0, 0.05) is 5.69 Å². The van der Waals surface area contributed by atoms with E-state index in [1.165, 1.54) is 17.7 Å². The van der Waals surface area contributed by atoms with Crippen molar-refractivity contribution in [3.8, 4) is 6.07 Å². The van der Waals surface area contributed by atoms with Crippen LogP contribution in [0.2, 0.25) is 0 Å². The van der Waals surface area contributed by atoms with E-state index in [1.807, 2.05) is 18.2 Å². The molecule has 0 saturated heterocycles. The van der Waals surface area contributed by atoms with Crippen LogP contribution in [0.25, 0.3) is 0 Å². The van der Waals surface area contributed by atoms with Crippen molar-refractivity contribution in [1.82, 2.24) is 0 Å². The van der Waals surface area contributed by atoms with E-state index >= 15 is 0 Å². The lowest BCUT2D eigenvalue weighted by atomic mass is 9.94. The minimum Gasteiger partial charge on any atom is -0.370 e. The van der Waals surface area contributed by atoms with E-state index in [9.17, 15) is 9.65 Å². The van der Waals surface area contributed by atoms with Crippen LogP contribution in [0, 0.1) is 17.1 Å². The van der Waals surface area contributed by atoms with Crippen LogP contribution in [-0.2, 0) is 0 Å². The molecule has 2 aromatic carbocycles. The van der Waals surface area contributed by atoms with Crippen LogP contribution in [-0.4, -0.2) is 6.04 Å². The average Bonchev–Trinajstić information content (AvgIpc) is 2.47. The van der Waals surface area contributed by atoms with Crippen LogP contribution in [0.4, 0.5) is 10.1 Å². The van der Waals surface area contributed by atoms with Crippen LogP contribution >= 0.6 is 0 Å². The number of halogens is 1. The zero-order chi connectivity index (χ0) is 14.4. The van der Waals surface area contributed by atoms with Gasteiger partial charge in [-0.3, -0.25) is 0 Å². The van der Waals surface area contributed by atoms with Gasteiger partial charge in [-0.15, -0.1) is 0 Å². The largest absolute Gasteiger partial charge is 0.370 e. The predicted molar refractivity (Wildman–Crippen MR) is 78.9 cm³/mol. The van der Waals surface area contributed by atoms with Gasteiger partial charge < -0.3 is 5.32 Å². The lowest BCUT2D eigenvalue weighted by molar-refractivity contribution is 0.626. The summed E-state index contributed by atoms with van der Waals surface area (Å²) in [4.78, 5) is 0. The van der Waals surface area contributed by atoms with E-state index in [4.69, 9.17) is 0 Å². The van der Waals surface area contributed by atoms with Gasteiger partial charge in [-0.25, -0.2) is 4.39 Å². The summed E-state index contributed by atoms with van der Waals surface area (Å²) in [7, 11) is 0. The molecule has 2 atom stereocenters. The first-order chi connectivity index (χ1) is 9.69. The fourth-order valence-electron chi connectivity index (χ4n) is 2.19. The Morgan fingerprint density at radius 2 is 1.90 bits per heavy atom. The maximum Gasteiger partial charge on any atom is 0.125 e. The molecule has 0 fully saturated rings. The molecule has 1 N–H and O–H groups in total. The molecule has 0 bridgehead atoms. The van der Waals surface area contributed by atoms with Gasteiger partial charge in [0.2, 0.25) is 0 Å². The minimum atomic E-state index is -0.341. The summed E-state index contributed by atoms with van der Waals surface area (Å²) in [6.07, 6.45) is 0.678. The predicted octanol–water partition coefficient (Wildman–Crippen LogP) is 4.32. The second-order valence-corrected chi connectivity index (χ2v) is 4.88. The highest BCUT2D eigenvalue weighted by molar-refractivity contribution is 5.45. The first-order valence-electron chi connectivity index (χ1n) is 6.65. The lowest BCUT2D eigenvalue weighted by Gasteiger charge is -2.18. The van der Waals surface area contributed by atoms with Crippen molar-refractivity contribution in [2.24, 2.45) is 0 Å². The molecule has 2 unspecified atom stereocenters. The first-order valence-corrected chi connectivity index (χ1v) is 6.65. The van der Waals surface area contributed by atoms with E-state index in [1.54, 1.807) is 12.1 Å². The Labute approximate surface area is 118 Å². The van der Waals surface area contributed by atoms with Crippen molar-refractivity contribution in [3.63, 3.8) is 0 Å². The topological polar surface area (TPSA) is 35.8 Å². The van der Waals surface area contributed by atoms with Gasteiger partial charge in [0.1, 0.15) is 11.9 Å². The molecule has 3 heteroatoms. The van der Waals surface area contributed by atoms with Crippen molar-refractivity contribution in [2.45, 2.75) is 25.3 Å². The molecule has 20 heavy (non-hydrogen) atoms. The Balaban J connectivity index is 2.01. The summed E-state index contributed by atoms with van der Waals surface area (Å²) in [6.45, 7) is 2.09. The molecular formula is C17H17FN2. The molecule has 102 valence electrons. The Bertz CT molecular complexity index is 589. The average molecular weight is 268 g/mol. The molecule has 0 saturated carbocycles. The van der Waals surface area contributed by atoms with Crippen LogP contribution in [0.3, 0.4) is 0 Å². The first kappa shape index (κ1) is 14.1. The normalized spacial score (nSPS) is 13.2. The Hall–Kier alpha value is -2.34. The number of hydrogen-bond donors (Lipinski definition) is 1. The minimum absolute atomic E-state index is 0.266. The van der Waals surface area contributed by atoms with E-state index < -0.39 is 0 Å². The van der Waals surface area contributed by atoms with Gasteiger partial charge in [0.05, 0.1) is 6.07 Å². The third-order valence-electron chi connectivity index (χ3n) is 3.28. The number of benzene rings is 2. The number of nitrogens with one attached hydrogen (secondary N) is 1. The quantitative estimate of drug-likeness (QED) is 0.876. The standard InChI is InChI=1S/C17H17FN2/c1-13(14-6-3-2-4-7-14)10-17(12-19)20-16-9-5-8-15(18)11-16/h2-9,11,13,17,20H,10H2,1H3. The van der Waals surface area contributed by atoms with Gasteiger partial charge >= 0.3 is 0 Å². The van der Waals surface area contributed by atoms with Crippen molar-refractivity contribution >= 4 is 5.69 Å². The molecule has 0 spiro atoms. The number of nitriles is 1. The number of hydrogen-bond acceptors (Lipinski definition) is 2. The molecule has 0 aliphatic carbocycles. The summed E-state index contributed by atoms with van der Waals surface area (Å²) in [5.41, 5.74) is 1.84. The molecule has 2 rings (SSSR count). The maximum atomic E-state index is 13.1. The van der Waals surface area contributed by atoms with Crippen LogP contribution in [0.15, 0.2) is 54.6 Å². The van der Waals surface area contributed by atoms with Gasteiger partial charge in [-0.2, -0.15) is 5.26 Å². The third-order valence-corrected chi connectivity index (χ3v) is 3.28. The molecule has 0 radical (unpaired) electrons. The second-order valence-electron chi connectivity index (χ2n) is 4.88. The van der Waals surface area contributed by atoms with Gasteiger partial charge in [-0.1, -0.05) is 43.3 Å². The van der Waals surface area contributed by atoms with E-state index in [-0.39, 0.29) is 17.8 Å². The van der Waals surface area contributed by atoms with E-state index in [2.05, 4.69) is 30.4 Å². The van der Waals surface area contributed by atoms with Gasteiger partial charge in [0.25, 0.3) is 0 Å². The Morgan fingerprint density at radius 1 is 1.15 bits per heavy atom. The molecule has 0 amide bonds. The number of rotatable bonds is 5. The Kier molecular flexibility index (Phi) is 4.73. The van der Waals surface area contributed by atoms with Crippen molar-refractivity contribution < 1.29 is 4.39 Å². The zero-order valence-electron chi connectivity index (χ0n) is 11.4. The molecule has 2 aromatic rings. The highest BCUT2D eigenvalue weighted by Crippen LogP contribution is 2.22. The smallest absolute Gasteiger partial charge is 0.125 e. The molecule has 0 aliphatic heterocycles. The SMILES string of the molecule is CC(CC(C#N)Nc1cccc(F)c1)c1ccccc1. The monoisotopic (exact) mass is 268 g/mol. The number of nitrogens with zero attached hydrogens (tertiary/aromatic N) is 1. The Morgan fingerprint density at radius 3 is 2.55 bits per heavy atom. The maximum absolute atomic E-state index is 13.1. The van der Waals surface area contributed by atoms with Gasteiger partial charge in [0.15, 0.2) is 0 Å². The van der Waals surface area contributed by atoms with E-state index in [0.717, 1.165) is 0 Å².